The summed E-state index contributed by atoms with van der Waals surface area (Å²) in [6.07, 6.45) is 2.03. The lowest BCUT2D eigenvalue weighted by atomic mass is 9.47. The first-order chi connectivity index (χ1) is 21.2. The van der Waals surface area contributed by atoms with Crippen LogP contribution in [0, 0.1) is 5.92 Å². The van der Waals surface area contributed by atoms with E-state index in [-0.39, 0.29) is 25.2 Å². The number of hydrogen-bond donors (Lipinski definition) is 3. The third kappa shape index (κ3) is 6.81. The SMILES string of the molecule is O=C(NC12CC3CC(NC(=O)c4nnc(C(Cl)(Cl)Cl)o4)(C1)CC(NC(=O)c1nnc(C(Cl)(Cl)Cl)o1)(C3)C2)c1nnc(C(Cl)(Cl)Cl)o1. The van der Waals surface area contributed by atoms with Crippen LogP contribution in [0.5, 0.6) is 0 Å². The molecule has 0 aliphatic heterocycles. The number of hydrogen-bond acceptors (Lipinski definition) is 12. The van der Waals surface area contributed by atoms with Gasteiger partial charge in [-0.25, -0.2) is 0 Å². The number of amides is 3. The molecule has 24 heteroatoms. The molecule has 3 aromatic heterocycles. The van der Waals surface area contributed by atoms with Gasteiger partial charge in [-0.2, -0.15) is 0 Å². The van der Waals surface area contributed by atoms with E-state index in [2.05, 4.69) is 46.5 Å². The average molecular weight is 822 g/mol. The van der Waals surface area contributed by atoms with Crippen molar-refractivity contribution in [1.29, 1.82) is 0 Å². The summed E-state index contributed by atoms with van der Waals surface area (Å²) in [6, 6.07) is 0. The predicted molar refractivity (Wildman–Crippen MR) is 162 cm³/mol. The fourth-order valence-electron chi connectivity index (χ4n) is 7.03. The van der Waals surface area contributed by atoms with Gasteiger partial charge in [0, 0.05) is 16.6 Å². The van der Waals surface area contributed by atoms with Crippen molar-refractivity contribution in [3.8, 4) is 0 Å². The van der Waals surface area contributed by atoms with Crippen molar-refractivity contribution >= 4 is 122 Å². The van der Waals surface area contributed by atoms with Gasteiger partial charge in [-0.05, 0) is 44.4 Å². The number of halogens is 9. The minimum atomic E-state index is -2.07. The number of nitrogens with zero attached hydrogens (tertiary/aromatic N) is 6. The first-order valence-electron chi connectivity index (χ1n) is 12.9. The van der Waals surface area contributed by atoms with Crippen molar-refractivity contribution in [2.75, 3.05) is 0 Å². The summed E-state index contributed by atoms with van der Waals surface area (Å²) in [5.74, 6) is -5.09. The van der Waals surface area contributed by atoms with Crippen molar-refractivity contribution < 1.29 is 27.6 Å². The molecule has 4 aliphatic rings. The summed E-state index contributed by atoms with van der Waals surface area (Å²) in [5, 5.41) is 30.8. The van der Waals surface area contributed by atoms with Crippen LogP contribution in [0.25, 0.3) is 0 Å². The molecule has 3 aromatic rings. The summed E-state index contributed by atoms with van der Waals surface area (Å²) in [7, 11) is 0. The highest BCUT2D eigenvalue weighted by Gasteiger charge is 2.65. The Hall–Kier alpha value is -1.56. The molecule has 4 fully saturated rings. The Morgan fingerprint density at radius 3 is 1.00 bits per heavy atom. The molecule has 3 amide bonds. The van der Waals surface area contributed by atoms with E-state index in [0.717, 1.165) is 0 Å². The van der Waals surface area contributed by atoms with E-state index in [0.29, 0.717) is 19.3 Å². The number of aromatic nitrogens is 6. The van der Waals surface area contributed by atoms with Crippen molar-refractivity contribution in [3.05, 3.63) is 35.3 Å². The minimum absolute atomic E-state index is 0.129. The molecular weight excluding hydrogens is 805 g/mol. The maximum absolute atomic E-state index is 13.4. The Labute approximate surface area is 302 Å². The van der Waals surface area contributed by atoms with Crippen LogP contribution < -0.4 is 16.0 Å². The molecule has 3 heterocycles. The quantitative estimate of drug-likeness (QED) is 0.278. The fourth-order valence-corrected chi connectivity index (χ4v) is 7.72. The van der Waals surface area contributed by atoms with E-state index in [1.165, 1.54) is 0 Å². The number of alkyl halides is 9. The Kier molecular flexibility index (Phi) is 8.59. The van der Waals surface area contributed by atoms with Gasteiger partial charge < -0.3 is 29.2 Å². The zero-order chi connectivity index (χ0) is 33.5. The number of rotatable bonds is 6. The van der Waals surface area contributed by atoms with Crippen molar-refractivity contribution in [2.24, 2.45) is 5.92 Å². The van der Waals surface area contributed by atoms with Gasteiger partial charge in [0.15, 0.2) is 0 Å². The standard InChI is InChI=1S/C22H16Cl9N9O6/c23-20(24,25)14-38-35-11(44-14)8(41)32-17-1-7-2-18(4-17,33-9(42)12-36-39-15(45-12)21(26,27)28)6-19(3-7,5-17)34-10(43)13-37-40-16(46-13)22(29,30)31/h7H,1-6H2,(H,32,41)(H,33,42)(H,34,43). The second kappa shape index (κ2) is 11.5. The Morgan fingerprint density at radius 1 is 0.522 bits per heavy atom. The van der Waals surface area contributed by atoms with E-state index in [4.69, 9.17) is 118 Å². The molecule has 15 nitrogen and oxygen atoms in total. The first-order valence-corrected chi connectivity index (χ1v) is 16.3. The summed E-state index contributed by atoms with van der Waals surface area (Å²) in [4.78, 5) is 40.2. The Balaban J connectivity index is 1.31. The molecule has 0 aromatic carbocycles. The van der Waals surface area contributed by atoms with Crippen molar-refractivity contribution in [3.63, 3.8) is 0 Å². The largest absolute Gasteiger partial charge is 0.412 e. The number of carbonyl (C=O) groups is 3. The summed E-state index contributed by atoms with van der Waals surface area (Å²) in [6.45, 7) is 0. The molecule has 0 radical (unpaired) electrons. The summed E-state index contributed by atoms with van der Waals surface area (Å²) in [5.41, 5.74) is -3.08. The second-order valence-corrected chi connectivity index (χ2v) is 18.3. The van der Waals surface area contributed by atoms with Crippen LogP contribution in [0.2, 0.25) is 0 Å². The summed E-state index contributed by atoms with van der Waals surface area (Å²) >= 11 is 52.3. The van der Waals surface area contributed by atoms with E-state index in [1.807, 2.05) is 0 Å². The van der Waals surface area contributed by atoms with Crippen LogP contribution in [0.3, 0.4) is 0 Å². The van der Waals surface area contributed by atoms with Crippen molar-refractivity contribution in [1.82, 2.24) is 46.5 Å². The third-order valence-corrected chi connectivity index (χ3v) is 9.24. The minimum Gasteiger partial charge on any atom is -0.412 e. The highest BCUT2D eigenvalue weighted by atomic mass is 35.6. The van der Waals surface area contributed by atoms with Gasteiger partial charge in [0.1, 0.15) is 0 Å². The second-order valence-electron chi connectivity index (χ2n) is 11.4. The van der Waals surface area contributed by atoms with Crippen LogP contribution in [0.15, 0.2) is 13.3 Å². The smallest absolute Gasteiger partial charge is 0.309 e. The number of carbonyl (C=O) groups excluding carboxylic acids is 3. The Morgan fingerprint density at radius 2 is 0.783 bits per heavy atom. The van der Waals surface area contributed by atoms with Gasteiger partial charge in [-0.15, -0.1) is 30.6 Å². The van der Waals surface area contributed by atoms with Gasteiger partial charge in [0.05, 0.1) is 0 Å². The van der Waals surface area contributed by atoms with Crippen LogP contribution >= 0.6 is 104 Å². The van der Waals surface area contributed by atoms with Gasteiger partial charge >= 0.3 is 35.4 Å². The normalized spacial score (nSPS) is 27.5. The molecule has 248 valence electrons. The lowest BCUT2D eigenvalue weighted by Gasteiger charge is -2.66. The van der Waals surface area contributed by atoms with Gasteiger partial charge in [-0.3, -0.25) is 14.4 Å². The lowest BCUT2D eigenvalue weighted by molar-refractivity contribution is -0.0695. The lowest BCUT2D eigenvalue weighted by Crippen LogP contribution is -2.77. The van der Waals surface area contributed by atoms with E-state index in [1.54, 1.807) is 0 Å². The molecule has 0 atom stereocenters. The maximum Gasteiger partial charge on any atom is 0.309 e. The number of nitrogens with one attached hydrogen (secondary N) is 3. The Bertz CT molecular complexity index is 1510. The molecule has 4 aliphatic carbocycles. The molecule has 0 unspecified atom stereocenters. The van der Waals surface area contributed by atoms with Gasteiger partial charge in [0.2, 0.25) is 0 Å². The zero-order valence-electron chi connectivity index (χ0n) is 22.4. The van der Waals surface area contributed by atoms with Gasteiger partial charge in [-0.1, -0.05) is 104 Å². The van der Waals surface area contributed by atoms with Crippen LogP contribution in [0.4, 0.5) is 0 Å². The molecule has 46 heavy (non-hydrogen) atoms. The zero-order valence-corrected chi connectivity index (χ0v) is 29.2. The highest BCUT2D eigenvalue weighted by Crippen LogP contribution is 2.59. The topological polar surface area (TPSA) is 204 Å². The molecule has 4 bridgehead atoms. The van der Waals surface area contributed by atoms with E-state index >= 15 is 0 Å². The molecule has 4 saturated carbocycles. The maximum atomic E-state index is 13.4. The molecule has 3 N–H and O–H groups in total. The molecule has 0 spiro atoms. The molecule has 0 saturated heterocycles. The monoisotopic (exact) mass is 817 g/mol. The van der Waals surface area contributed by atoms with Gasteiger partial charge in [0.25, 0.3) is 29.0 Å². The predicted octanol–water partition coefficient (Wildman–Crippen LogP) is 5.12. The molecular formula is C22H16Cl9N9O6. The van der Waals surface area contributed by atoms with Crippen LogP contribution in [-0.2, 0) is 11.4 Å². The van der Waals surface area contributed by atoms with E-state index in [9.17, 15) is 14.4 Å². The summed E-state index contributed by atoms with van der Waals surface area (Å²) < 4.78 is 9.67. The van der Waals surface area contributed by atoms with Crippen molar-refractivity contribution in [2.45, 2.75) is 66.5 Å². The van der Waals surface area contributed by atoms with Crippen LogP contribution in [-0.4, -0.2) is 64.9 Å². The van der Waals surface area contributed by atoms with E-state index < -0.39 is 81.1 Å². The third-order valence-electron chi connectivity index (χ3n) is 7.79. The first kappa shape index (κ1) is 34.3. The molecule has 7 rings (SSSR count). The fraction of sp³-hybridized carbons (Fsp3) is 0.591. The van der Waals surface area contributed by atoms with Crippen LogP contribution in [0.1, 0.15) is 88.3 Å². The highest BCUT2D eigenvalue weighted by molar-refractivity contribution is 6.67. The average Bonchev–Trinajstić information content (AvgIpc) is 3.67.